The Morgan fingerprint density at radius 2 is 0.316 bits per heavy atom. The van der Waals surface area contributed by atoms with Crippen molar-refractivity contribution in [3.8, 4) is 0 Å². The highest BCUT2D eigenvalue weighted by Gasteiger charge is 1.57. The molecule has 0 unspecified atom stereocenters. The Labute approximate surface area is 157 Å². The molecule has 0 atom stereocenters. The molecule has 0 aliphatic carbocycles. The lowest BCUT2D eigenvalue weighted by atomic mass is 10.4. The first kappa shape index (κ1) is 42.8. The van der Waals surface area contributed by atoms with Gasteiger partial charge in [0.05, 0.1) is 0 Å². The van der Waals surface area contributed by atoms with Crippen LogP contribution in [0.5, 0.6) is 0 Å². The zero-order valence-corrected chi connectivity index (χ0v) is 20.0. The third-order valence-electron chi connectivity index (χ3n) is 2.00. The Hall–Kier alpha value is 1.44. The molecule has 0 saturated carbocycles. The molecule has 0 spiro atoms. The quantitative estimate of drug-likeness (QED) is 0.381. The fourth-order valence-corrected chi connectivity index (χ4v) is 0. The maximum absolute atomic E-state index is 2.18. The fraction of sp³-hybridized carbons (Fsp3) is 1.00. The standard InChI is InChI=1S/4C4H10.3BrH/c4*1-3-4-2;;;/h4*3-4H2,1-2H3;3*1H. The molecule has 0 bridgehead atoms. The van der Waals surface area contributed by atoms with E-state index in [1.807, 2.05) is 0 Å². The van der Waals surface area contributed by atoms with Gasteiger partial charge in [-0.05, 0) is 0 Å². The van der Waals surface area contributed by atoms with E-state index in [2.05, 4.69) is 55.4 Å². The van der Waals surface area contributed by atoms with E-state index in [4.69, 9.17) is 0 Å². The van der Waals surface area contributed by atoms with Crippen LogP contribution in [0.2, 0.25) is 0 Å². The van der Waals surface area contributed by atoms with E-state index in [0.29, 0.717) is 0 Å². The second-order valence-corrected chi connectivity index (χ2v) is 4.00. The summed E-state index contributed by atoms with van der Waals surface area (Å²) in [6.45, 7) is 17.4. The third kappa shape index (κ3) is 200. The van der Waals surface area contributed by atoms with Crippen molar-refractivity contribution in [1.29, 1.82) is 0 Å². The van der Waals surface area contributed by atoms with Gasteiger partial charge in [0.2, 0.25) is 0 Å². The van der Waals surface area contributed by atoms with Gasteiger partial charge in [0.25, 0.3) is 0 Å². The first-order chi connectivity index (χ1) is 7.66. The highest BCUT2D eigenvalue weighted by molar-refractivity contribution is 8.93. The highest BCUT2D eigenvalue weighted by atomic mass is 79.9. The van der Waals surface area contributed by atoms with Crippen molar-refractivity contribution in [2.75, 3.05) is 0 Å². The minimum atomic E-state index is 0. The number of hydrogen-bond acceptors (Lipinski definition) is 0. The first-order valence-corrected chi connectivity index (χ1v) is 7.66. The second kappa shape index (κ2) is 74.2. The summed E-state index contributed by atoms with van der Waals surface area (Å²) >= 11 is 0. The average Bonchev–Trinajstić information content (AvgIpc) is 2.39. The van der Waals surface area contributed by atoms with E-state index >= 15 is 0 Å². The molecular formula is C16H43Br3. The number of halogens is 3. The molecule has 0 aromatic carbocycles. The van der Waals surface area contributed by atoms with Gasteiger partial charge in [-0.15, -0.1) is 50.9 Å². The predicted molar refractivity (Wildman–Crippen MR) is 113 cm³/mol. The lowest BCUT2D eigenvalue weighted by Crippen LogP contribution is -1.47. The number of rotatable bonds is 4. The zero-order chi connectivity index (χ0) is 13.7. The minimum absolute atomic E-state index is 0. The second-order valence-electron chi connectivity index (χ2n) is 4.00. The summed E-state index contributed by atoms with van der Waals surface area (Å²) in [6.07, 6.45) is 10.6. The molecule has 0 rings (SSSR count). The molecule has 128 valence electrons. The lowest BCUT2D eigenvalue weighted by molar-refractivity contribution is 0.886. The topological polar surface area (TPSA) is 0 Å². The Balaban J connectivity index is -0.0000000192. The molecule has 0 heterocycles. The van der Waals surface area contributed by atoms with E-state index in [0.717, 1.165) is 0 Å². The first-order valence-electron chi connectivity index (χ1n) is 7.66. The Morgan fingerprint density at radius 3 is 0.316 bits per heavy atom. The van der Waals surface area contributed by atoms with Crippen LogP contribution in [0, 0.1) is 0 Å². The summed E-state index contributed by atoms with van der Waals surface area (Å²) in [5.41, 5.74) is 0. The highest BCUT2D eigenvalue weighted by Crippen LogP contribution is 1.77. The summed E-state index contributed by atoms with van der Waals surface area (Å²) < 4.78 is 0. The molecule has 0 nitrogen and oxygen atoms in total. The molecule has 0 saturated heterocycles. The van der Waals surface area contributed by atoms with Crippen LogP contribution in [-0.4, -0.2) is 0 Å². The average molecular weight is 475 g/mol. The maximum Gasteiger partial charge on any atom is -0.0564 e. The molecule has 0 amide bonds. The summed E-state index contributed by atoms with van der Waals surface area (Å²) in [6, 6.07) is 0. The van der Waals surface area contributed by atoms with Gasteiger partial charge in [-0.25, -0.2) is 0 Å². The van der Waals surface area contributed by atoms with Crippen LogP contribution in [-0.2, 0) is 0 Å². The van der Waals surface area contributed by atoms with Crippen molar-refractivity contribution in [2.45, 2.75) is 107 Å². The number of hydrogen-bond donors (Lipinski definition) is 0. The van der Waals surface area contributed by atoms with Crippen LogP contribution in [0.1, 0.15) is 107 Å². The third-order valence-corrected chi connectivity index (χ3v) is 2.00. The molecule has 19 heavy (non-hydrogen) atoms. The van der Waals surface area contributed by atoms with Gasteiger partial charge in [-0.2, -0.15) is 0 Å². The van der Waals surface area contributed by atoms with Crippen LogP contribution >= 0.6 is 50.9 Å². The smallest absolute Gasteiger partial charge is 0.0564 e. The largest absolute Gasteiger partial charge is 0.114 e. The van der Waals surface area contributed by atoms with Crippen molar-refractivity contribution >= 4 is 50.9 Å². The van der Waals surface area contributed by atoms with E-state index in [1.54, 1.807) is 0 Å². The molecule has 0 N–H and O–H groups in total. The SMILES string of the molecule is Br.Br.Br.CCCC.CCCC.CCCC.CCCC. The molecule has 0 aromatic rings. The molecule has 0 radical (unpaired) electrons. The fourth-order valence-electron chi connectivity index (χ4n) is 0. The van der Waals surface area contributed by atoms with Crippen molar-refractivity contribution < 1.29 is 0 Å². The van der Waals surface area contributed by atoms with Gasteiger partial charge in [-0.1, -0.05) is 107 Å². The monoisotopic (exact) mass is 472 g/mol. The van der Waals surface area contributed by atoms with Gasteiger partial charge >= 0.3 is 0 Å². The van der Waals surface area contributed by atoms with E-state index in [-0.39, 0.29) is 50.9 Å². The maximum atomic E-state index is 2.18. The number of unbranched alkanes of at least 4 members (excludes halogenated alkanes) is 4. The molecule has 0 aliphatic rings. The Morgan fingerprint density at radius 1 is 0.263 bits per heavy atom. The summed E-state index contributed by atoms with van der Waals surface area (Å²) in [7, 11) is 0. The Bertz CT molecular complexity index is 36.0. The van der Waals surface area contributed by atoms with Gasteiger partial charge in [0.15, 0.2) is 0 Å². The van der Waals surface area contributed by atoms with Crippen LogP contribution in [0.3, 0.4) is 0 Å². The Kier molecular flexibility index (Phi) is 167. The van der Waals surface area contributed by atoms with E-state index in [1.165, 1.54) is 51.4 Å². The van der Waals surface area contributed by atoms with Crippen molar-refractivity contribution in [3.63, 3.8) is 0 Å². The van der Waals surface area contributed by atoms with Gasteiger partial charge in [0, 0.05) is 0 Å². The molecular weight excluding hydrogens is 432 g/mol. The van der Waals surface area contributed by atoms with E-state index in [9.17, 15) is 0 Å². The lowest BCUT2D eigenvalue weighted by Gasteiger charge is -1.68. The van der Waals surface area contributed by atoms with Gasteiger partial charge in [-0.3, -0.25) is 0 Å². The van der Waals surface area contributed by atoms with Crippen molar-refractivity contribution in [3.05, 3.63) is 0 Å². The summed E-state index contributed by atoms with van der Waals surface area (Å²) in [5.74, 6) is 0. The minimum Gasteiger partial charge on any atom is -0.114 e. The van der Waals surface area contributed by atoms with E-state index < -0.39 is 0 Å². The van der Waals surface area contributed by atoms with Crippen molar-refractivity contribution in [1.82, 2.24) is 0 Å². The molecule has 0 fully saturated rings. The van der Waals surface area contributed by atoms with Gasteiger partial charge < -0.3 is 0 Å². The van der Waals surface area contributed by atoms with Crippen molar-refractivity contribution in [2.24, 2.45) is 0 Å². The molecule has 0 aliphatic heterocycles. The normalized spacial score (nSPS) is 6.32. The van der Waals surface area contributed by atoms with Crippen LogP contribution in [0.4, 0.5) is 0 Å². The predicted octanol–water partition coefficient (Wildman–Crippen LogP) is 8.96. The molecule has 0 aromatic heterocycles. The van der Waals surface area contributed by atoms with Crippen LogP contribution in [0.15, 0.2) is 0 Å². The van der Waals surface area contributed by atoms with Crippen LogP contribution < -0.4 is 0 Å². The zero-order valence-electron chi connectivity index (χ0n) is 14.9. The van der Waals surface area contributed by atoms with Crippen LogP contribution in [0.25, 0.3) is 0 Å². The summed E-state index contributed by atoms with van der Waals surface area (Å²) in [5, 5.41) is 0. The van der Waals surface area contributed by atoms with Gasteiger partial charge in [0.1, 0.15) is 0 Å². The summed E-state index contributed by atoms with van der Waals surface area (Å²) in [4.78, 5) is 0. The molecule has 3 heteroatoms.